The van der Waals surface area contributed by atoms with Crippen molar-refractivity contribution in [3.05, 3.63) is 23.5 Å². The Morgan fingerprint density at radius 2 is 2.24 bits per heavy atom. The topological polar surface area (TPSA) is 80.3 Å². The molecule has 0 aliphatic heterocycles. The second kappa shape index (κ2) is 6.82. The summed E-state index contributed by atoms with van der Waals surface area (Å²) in [5, 5.41) is 4.86. The molecule has 0 fully saturated rings. The van der Waals surface area contributed by atoms with Crippen LogP contribution in [0.5, 0.6) is 0 Å². The third kappa shape index (κ3) is 4.38. The zero-order chi connectivity index (χ0) is 12.7. The van der Waals surface area contributed by atoms with Gasteiger partial charge in [-0.15, -0.1) is 0 Å². The number of methoxy groups -OCH3 is 1. The van der Waals surface area contributed by atoms with E-state index in [1.54, 1.807) is 12.1 Å². The molecule has 1 aromatic rings. The Hall–Kier alpha value is -1.66. The zero-order valence-electron chi connectivity index (χ0n) is 9.20. The highest BCUT2D eigenvalue weighted by atomic mass is 35.5. The van der Waals surface area contributed by atoms with Crippen LogP contribution in [0.4, 0.5) is 5.69 Å². The molecule has 7 heteroatoms. The molecule has 1 aromatic heterocycles. The lowest BCUT2D eigenvalue weighted by Crippen LogP contribution is -2.37. The number of carbonyl (C=O) groups is 2. The molecule has 92 valence electrons. The van der Waals surface area contributed by atoms with Crippen molar-refractivity contribution in [2.75, 3.05) is 25.6 Å². The molecule has 0 atom stereocenters. The summed E-state index contributed by atoms with van der Waals surface area (Å²) in [6, 6.07) is 3.15. The highest BCUT2D eigenvalue weighted by Crippen LogP contribution is 2.16. The minimum atomic E-state index is -0.795. The van der Waals surface area contributed by atoms with Crippen LogP contribution in [0.3, 0.4) is 0 Å². The van der Waals surface area contributed by atoms with E-state index in [4.69, 9.17) is 16.3 Å². The number of carbonyl (C=O) groups excluding carboxylic acids is 2. The maximum atomic E-state index is 11.4. The van der Waals surface area contributed by atoms with E-state index >= 15 is 0 Å². The summed E-state index contributed by atoms with van der Waals surface area (Å²) in [4.78, 5) is 26.5. The molecule has 0 aliphatic rings. The summed E-state index contributed by atoms with van der Waals surface area (Å²) >= 11 is 5.72. The van der Waals surface area contributed by atoms with Gasteiger partial charge in [-0.1, -0.05) is 11.6 Å². The second-order valence-corrected chi connectivity index (χ2v) is 3.40. The number of amides is 2. The Kier molecular flexibility index (Phi) is 5.38. The molecule has 0 unspecified atom stereocenters. The lowest BCUT2D eigenvalue weighted by Gasteiger charge is -2.06. The van der Waals surface area contributed by atoms with Crippen molar-refractivity contribution in [1.82, 2.24) is 10.3 Å². The molecular weight excluding hydrogens is 246 g/mol. The summed E-state index contributed by atoms with van der Waals surface area (Å²) in [5.74, 6) is -1.54. The van der Waals surface area contributed by atoms with Gasteiger partial charge in [0.2, 0.25) is 0 Å². The van der Waals surface area contributed by atoms with Crippen molar-refractivity contribution in [2.45, 2.75) is 0 Å². The Morgan fingerprint density at radius 3 is 2.88 bits per heavy atom. The third-order valence-electron chi connectivity index (χ3n) is 1.81. The van der Waals surface area contributed by atoms with Crippen LogP contribution in [0.2, 0.25) is 5.15 Å². The van der Waals surface area contributed by atoms with E-state index in [9.17, 15) is 9.59 Å². The maximum absolute atomic E-state index is 11.4. The molecule has 0 spiro atoms. The lowest BCUT2D eigenvalue weighted by atomic mass is 10.4. The molecule has 0 saturated heterocycles. The van der Waals surface area contributed by atoms with E-state index in [0.29, 0.717) is 12.3 Å². The quantitative estimate of drug-likeness (QED) is 0.466. The number of hydrogen-bond acceptors (Lipinski definition) is 4. The number of pyridine rings is 1. The monoisotopic (exact) mass is 257 g/mol. The fraction of sp³-hybridized carbons (Fsp3) is 0.300. The molecule has 0 aromatic carbocycles. The standard InChI is InChI=1S/C10H12ClN3O3/c1-17-6-5-13-9(15)10(16)14-7-3-2-4-12-8(7)11/h2-4H,5-6H2,1H3,(H,13,15)(H,14,16). The van der Waals surface area contributed by atoms with E-state index in [1.165, 1.54) is 13.3 Å². The van der Waals surface area contributed by atoms with Gasteiger partial charge in [0.05, 0.1) is 12.3 Å². The van der Waals surface area contributed by atoms with Crippen LogP contribution in [-0.2, 0) is 14.3 Å². The van der Waals surface area contributed by atoms with Gasteiger partial charge in [-0.05, 0) is 12.1 Å². The zero-order valence-corrected chi connectivity index (χ0v) is 9.95. The second-order valence-electron chi connectivity index (χ2n) is 3.04. The van der Waals surface area contributed by atoms with E-state index in [2.05, 4.69) is 15.6 Å². The van der Waals surface area contributed by atoms with Gasteiger partial charge < -0.3 is 15.4 Å². The van der Waals surface area contributed by atoms with Crippen molar-refractivity contribution in [3.63, 3.8) is 0 Å². The van der Waals surface area contributed by atoms with Crippen molar-refractivity contribution in [1.29, 1.82) is 0 Å². The molecule has 6 nitrogen and oxygen atoms in total. The molecule has 0 saturated carbocycles. The summed E-state index contributed by atoms with van der Waals surface area (Å²) in [5.41, 5.74) is 0.293. The number of nitrogens with zero attached hydrogens (tertiary/aromatic N) is 1. The average Bonchev–Trinajstić information content (AvgIpc) is 2.32. The maximum Gasteiger partial charge on any atom is 0.313 e. The van der Waals surface area contributed by atoms with Crippen molar-refractivity contribution < 1.29 is 14.3 Å². The van der Waals surface area contributed by atoms with Gasteiger partial charge in [0, 0.05) is 19.9 Å². The Balaban J connectivity index is 2.49. The lowest BCUT2D eigenvalue weighted by molar-refractivity contribution is -0.136. The molecule has 2 amide bonds. The number of nitrogens with one attached hydrogen (secondary N) is 2. The van der Waals surface area contributed by atoms with Crippen LogP contribution in [0.25, 0.3) is 0 Å². The molecule has 0 bridgehead atoms. The SMILES string of the molecule is COCCNC(=O)C(=O)Nc1cccnc1Cl. The van der Waals surface area contributed by atoms with E-state index < -0.39 is 11.8 Å². The van der Waals surface area contributed by atoms with Crippen molar-refractivity contribution in [3.8, 4) is 0 Å². The van der Waals surface area contributed by atoms with Crippen LogP contribution in [0.1, 0.15) is 0 Å². The van der Waals surface area contributed by atoms with Gasteiger partial charge in [0.1, 0.15) is 0 Å². The molecule has 0 radical (unpaired) electrons. The largest absolute Gasteiger partial charge is 0.383 e. The highest BCUT2D eigenvalue weighted by Gasteiger charge is 2.14. The first-order chi connectivity index (χ1) is 8.15. The van der Waals surface area contributed by atoms with E-state index in [-0.39, 0.29) is 11.7 Å². The van der Waals surface area contributed by atoms with Gasteiger partial charge in [-0.2, -0.15) is 0 Å². The van der Waals surface area contributed by atoms with Gasteiger partial charge >= 0.3 is 11.8 Å². The fourth-order valence-corrected chi connectivity index (χ4v) is 1.17. The smallest absolute Gasteiger partial charge is 0.313 e. The molecule has 1 rings (SSSR count). The van der Waals surface area contributed by atoms with Crippen LogP contribution in [0.15, 0.2) is 18.3 Å². The third-order valence-corrected chi connectivity index (χ3v) is 2.11. The predicted octanol–water partition coefficient (Wildman–Crippen LogP) is 0.436. The highest BCUT2D eigenvalue weighted by molar-refractivity contribution is 6.41. The Morgan fingerprint density at radius 1 is 1.47 bits per heavy atom. The molecule has 0 aliphatic carbocycles. The first-order valence-electron chi connectivity index (χ1n) is 4.83. The fourth-order valence-electron chi connectivity index (χ4n) is 1.01. The van der Waals surface area contributed by atoms with Crippen molar-refractivity contribution in [2.24, 2.45) is 0 Å². The first-order valence-corrected chi connectivity index (χ1v) is 5.21. The van der Waals surface area contributed by atoms with Crippen LogP contribution >= 0.6 is 11.6 Å². The van der Waals surface area contributed by atoms with Crippen LogP contribution < -0.4 is 10.6 Å². The number of rotatable bonds is 4. The molecule has 2 N–H and O–H groups in total. The Bertz CT molecular complexity index is 412. The number of aromatic nitrogens is 1. The minimum Gasteiger partial charge on any atom is -0.383 e. The Labute approximate surface area is 103 Å². The average molecular weight is 258 g/mol. The molecular formula is C10H12ClN3O3. The van der Waals surface area contributed by atoms with Crippen LogP contribution in [0, 0.1) is 0 Å². The van der Waals surface area contributed by atoms with Gasteiger partial charge in [0.15, 0.2) is 5.15 Å². The first kappa shape index (κ1) is 13.4. The number of ether oxygens (including phenoxy) is 1. The van der Waals surface area contributed by atoms with E-state index in [1.807, 2.05) is 0 Å². The number of halogens is 1. The summed E-state index contributed by atoms with van der Waals surface area (Å²) in [6.45, 7) is 0.607. The summed E-state index contributed by atoms with van der Waals surface area (Å²) < 4.78 is 4.73. The van der Waals surface area contributed by atoms with Crippen molar-refractivity contribution >= 4 is 29.1 Å². The van der Waals surface area contributed by atoms with E-state index in [0.717, 1.165) is 0 Å². The van der Waals surface area contributed by atoms with Gasteiger partial charge in [-0.25, -0.2) is 4.98 Å². The normalized spacial score (nSPS) is 9.76. The summed E-state index contributed by atoms with van der Waals surface area (Å²) in [7, 11) is 1.50. The van der Waals surface area contributed by atoms with Gasteiger partial charge in [0.25, 0.3) is 0 Å². The molecule has 1 heterocycles. The number of anilines is 1. The summed E-state index contributed by atoms with van der Waals surface area (Å²) in [6.07, 6.45) is 1.48. The predicted molar refractivity (Wildman–Crippen MR) is 62.8 cm³/mol. The minimum absolute atomic E-state index is 0.130. The van der Waals surface area contributed by atoms with Crippen LogP contribution in [-0.4, -0.2) is 37.1 Å². The van der Waals surface area contributed by atoms with Gasteiger partial charge in [-0.3, -0.25) is 9.59 Å². The molecule has 17 heavy (non-hydrogen) atoms. The number of hydrogen-bond donors (Lipinski definition) is 2.